The maximum atomic E-state index is 9.22. The molecule has 0 aliphatic heterocycles. The molecule has 2 N–H and O–H groups in total. The predicted octanol–water partition coefficient (Wildman–Crippen LogP) is 3.09. The Balaban J connectivity index is 2.80. The van der Waals surface area contributed by atoms with Gasteiger partial charge in [-0.1, -0.05) is 46.8 Å². The third kappa shape index (κ3) is 5.21. The zero-order valence-corrected chi connectivity index (χ0v) is 12.6. The Labute approximate surface area is 116 Å². The van der Waals surface area contributed by atoms with Crippen molar-refractivity contribution in [2.45, 2.75) is 52.7 Å². The van der Waals surface area contributed by atoms with Gasteiger partial charge in [-0.2, -0.15) is 0 Å². The van der Waals surface area contributed by atoms with Crippen LogP contribution in [0.1, 0.15) is 46.6 Å². The van der Waals surface area contributed by atoms with Crippen molar-refractivity contribution in [2.75, 3.05) is 6.61 Å². The normalized spacial score (nSPS) is 14.3. The van der Waals surface area contributed by atoms with Gasteiger partial charge in [-0.15, -0.1) is 0 Å². The summed E-state index contributed by atoms with van der Waals surface area (Å²) < 4.78 is 5.14. The van der Waals surface area contributed by atoms with Crippen molar-refractivity contribution in [3.05, 3.63) is 29.8 Å². The van der Waals surface area contributed by atoms with Crippen LogP contribution in [0.5, 0.6) is 5.75 Å². The number of aliphatic hydroxyl groups is 2. The van der Waals surface area contributed by atoms with Crippen LogP contribution in [0.3, 0.4) is 0 Å². The minimum atomic E-state index is -1.16. The molecule has 1 aromatic rings. The average Bonchev–Trinajstić information content (AvgIpc) is 2.26. The molecule has 3 heteroatoms. The molecule has 1 atom stereocenters. The summed E-state index contributed by atoms with van der Waals surface area (Å²) in [5, 5.41) is 18.0. The summed E-state index contributed by atoms with van der Waals surface area (Å²) in [5.41, 5.74) is 1.60. The van der Waals surface area contributed by atoms with E-state index in [-0.39, 0.29) is 10.8 Å². The van der Waals surface area contributed by atoms with E-state index in [0.29, 0.717) is 5.75 Å². The summed E-state index contributed by atoms with van der Waals surface area (Å²) in [6.07, 6.45) is -0.0760. The van der Waals surface area contributed by atoms with E-state index >= 15 is 0 Å². The summed E-state index contributed by atoms with van der Waals surface area (Å²) >= 11 is 0. The Bertz CT molecular complexity index is 387. The van der Waals surface area contributed by atoms with Crippen LogP contribution >= 0.6 is 0 Å². The highest BCUT2D eigenvalue weighted by atomic mass is 16.6. The Morgan fingerprint density at radius 3 is 2.00 bits per heavy atom. The van der Waals surface area contributed by atoms with Crippen molar-refractivity contribution >= 4 is 0 Å². The molecule has 0 aliphatic rings. The van der Waals surface area contributed by atoms with Crippen molar-refractivity contribution < 1.29 is 14.9 Å². The molecular formula is C16H26O3. The highest BCUT2D eigenvalue weighted by Crippen LogP contribution is 2.36. The van der Waals surface area contributed by atoms with Gasteiger partial charge >= 0.3 is 0 Å². The molecule has 0 aromatic heterocycles. The van der Waals surface area contributed by atoms with Gasteiger partial charge < -0.3 is 14.9 Å². The molecule has 19 heavy (non-hydrogen) atoms. The van der Waals surface area contributed by atoms with Crippen LogP contribution in [0.2, 0.25) is 0 Å². The lowest BCUT2D eigenvalue weighted by atomic mass is 9.72. The Hall–Kier alpha value is -1.06. The molecule has 0 aliphatic carbocycles. The average molecular weight is 266 g/mol. The smallest absolute Gasteiger partial charge is 0.220 e. The molecule has 0 radical (unpaired) electrons. The van der Waals surface area contributed by atoms with E-state index in [2.05, 4.69) is 34.6 Å². The second-order valence-electron chi connectivity index (χ2n) is 6.90. The van der Waals surface area contributed by atoms with Gasteiger partial charge in [-0.05, 0) is 34.9 Å². The maximum Gasteiger partial charge on any atom is 0.220 e. The summed E-state index contributed by atoms with van der Waals surface area (Å²) in [4.78, 5) is 0. The van der Waals surface area contributed by atoms with E-state index in [0.717, 1.165) is 6.42 Å². The van der Waals surface area contributed by atoms with E-state index < -0.39 is 12.9 Å². The van der Waals surface area contributed by atoms with Crippen LogP contribution < -0.4 is 4.74 Å². The van der Waals surface area contributed by atoms with Gasteiger partial charge in [0.15, 0.2) is 0 Å². The van der Waals surface area contributed by atoms with Gasteiger partial charge in [-0.3, -0.25) is 0 Å². The van der Waals surface area contributed by atoms with E-state index in [1.54, 1.807) is 0 Å². The summed E-state index contributed by atoms with van der Waals surface area (Å²) in [5.74, 6) is 0.567. The molecule has 0 spiro atoms. The van der Waals surface area contributed by atoms with E-state index in [9.17, 15) is 5.11 Å². The lowest BCUT2D eigenvalue weighted by Crippen LogP contribution is -2.25. The minimum absolute atomic E-state index is 0.0897. The van der Waals surface area contributed by atoms with Gasteiger partial charge in [0, 0.05) is 0 Å². The van der Waals surface area contributed by atoms with Crippen molar-refractivity contribution in [3.63, 3.8) is 0 Å². The lowest BCUT2D eigenvalue weighted by molar-refractivity contribution is -0.0548. The third-order valence-electron chi connectivity index (χ3n) is 3.04. The second-order valence-corrected chi connectivity index (χ2v) is 6.90. The molecule has 1 unspecified atom stereocenters. The maximum absolute atomic E-state index is 9.22. The van der Waals surface area contributed by atoms with Crippen LogP contribution in [0.15, 0.2) is 24.3 Å². The first-order chi connectivity index (χ1) is 8.64. The first-order valence-corrected chi connectivity index (χ1v) is 6.70. The van der Waals surface area contributed by atoms with Gasteiger partial charge in [0.05, 0.1) is 0 Å². The van der Waals surface area contributed by atoms with Crippen molar-refractivity contribution in [1.82, 2.24) is 0 Å². The molecule has 1 rings (SSSR count). The summed E-state index contributed by atoms with van der Waals surface area (Å²) in [6.45, 7) is 10.8. The quantitative estimate of drug-likeness (QED) is 0.805. The van der Waals surface area contributed by atoms with Crippen LogP contribution in [0.25, 0.3) is 0 Å². The molecule has 1 aromatic carbocycles. The van der Waals surface area contributed by atoms with Gasteiger partial charge in [0.2, 0.25) is 6.29 Å². The molecular weight excluding hydrogens is 240 g/mol. The van der Waals surface area contributed by atoms with E-state index in [4.69, 9.17) is 9.84 Å². The van der Waals surface area contributed by atoms with Gasteiger partial charge in [0.25, 0.3) is 0 Å². The van der Waals surface area contributed by atoms with Crippen LogP contribution in [0, 0.1) is 5.41 Å². The summed E-state index contributed by atoms with van der Waals surface area (Å²) in [7, 11) is 0. The number of rotatable bonds is 5. The zero-order valence-electron chi connectivity index (χ0n) is 12.6. The SMILES string of the molecule is CC(C)(C)CC(C)(C)c1ccc(OC(O)CO)cc1. The number of benzene rings is 1. The number of aliphatic hydroxyl groups excluding tert-OH is 2. The fourth-order valence-corrected chi connectivity index (χ4v) is 2.61. The zero-order chi connectivity index (χ0) is 14.7. The van der Waals surface area contributed by atoms with Crippen LogP contribution in [-0.2, 0) is 5.41 Å². The molecule has 108 valence electrons. The van der Waals surface area contributed by atoms with E-state index in [1.807, 2.05) is 24.3 Å². The standard InChI is InChI=1S/C16H26O3/c1-15(2,3)11-16(4,5)12-6-8-13(9-7-12)19-14(18)10-17/h6-9,14,17-18H,10-11H2,1-5H3. The fraction of sp³-hybridized carbons (Fsp3) is 0.625. The number of ether oxygens (including phenoxy) is 1. The van der Waals surface area contributed by atoms with Crippen molar-refractivity contribution in [2.24, 2.45) is 5.41 Å². The summed E-state index contributed by atoms with van der Waals surface area (Å²) in [6, 6.07) is 7.70. The fourth-order valence-electron chi connectivity index (χ4n) is 2.61. The monoisotopic (exact) mass is 266 g/mol. The molecule has 0 bridgehead atoms. The van der Waals surface area contributed by atoms with Gasteiger partial charge in [-0.25, -0.2) is 0 Å². The van der Waals surface area contributed by atoms with Crippen molar-refractivity contribution in [1.29, 1.82) is 0 Å². The lowest BCUT2D eigenvalue weighted by Gasteiger charge is -2.33. The second kappa shape index (κ2) is 5.93. The largest absolute Gasteiger partial charge is 0.463 e. The minimum Gasteiger partial charge on any atom is -0.463 e. The Kier molecular flexibility index (Phi) is 4.99. The van der Waals surface area contributed by atoms with E-state index in [1.165, 1.54) is 5.56 Å². The first-order valence-electron chi connectivity index (χ1n) is 6.70. The number of hydrogen-bond acceptors (Lipinski definition) is 3. The first kappa shape index (κ1) is 16.0. The highest BCUT2D eigenvalue weighted by molar-refractivity contribution is 5.31. The molecule has 0 saturated carbocycles. The van der Waals surface area contributed by atoms with Crippen LogP contribution in [0.4, 0.5) is 0 Å². The van der Waals surface area contributed by atoms with Gasteiger partial charge in [0.1, 0.15) is 12.4 Å². The van der Waals surface area contributed by atoms with Crippen molar-refractivity contribution in [3.8, 4) is 5.75 Å². The topological polar surface area (TPSA) is 49.7 Å². The molecule has 0 heterocycles. The predicted molar refractivity (Wildman–Crippen MR) is 77.3 cm³/mol. The Morgan fingerprint density at radius 2 is 1.58 bits per heavy atom. The Morgan fingerprint density at radius 1 is 1.05 bits per heavy atom. The third-order valence-corrected chi connectivity index (χ3v) is 3.04. The molecule has 0 amide bonds. The molecule has 3 nitrogen and oxygen atoms in total. The highest BCUT2D eigenvalue weighted by Gasteiger charge is 2.27. The number of hydrogen-bond donors (Lipinski definition) is 2. The molecule has 0 fully saturated rings. The van der Waals surface area contributed by atoms with Crippen LogP contribution in [-0.4, -0.2) is 23.1 Å². The molecule has 0 saturated heterocycles.